The van der Waals surface area contributed by atoms with Gasteiger partial charge in [0.15, 0.2) is 0 Å². The molecule has 0 atom stereocenters. The van der Waals surface area contributed by atoms with Crippen LogP contribution >= 0.6 is 0 Å². The minimum Gasteiger partial charge on any atom is -0.462 e. The fraction of sp³-hybridized carbons (Fsp3) is 0.964. The summed E-state index contributed by atoms with van der Waals surface area (Å²) in [5.74, 6) is 2.90. The molecule has 3 fully saturated rings. The molecule has 0 aromatic carbocycles. The summed E-state index contributed by atoms with van der Waals surface area (Å²) >= 11 is 0. The molecule has 0 spiro atoms. The average molecular weight is 419 g/mol. The Morgan fingerprint density at radius 2 is 1.40 bits per heavy atom. The van der Waals surface area contributed by atoms with Crippen molar-refractivity contribution in [3.8, 4) is 0 Å². The predicted molar refractivity (Wildman–Crippen MR) is 126 cm³/mol. The number of carbonyl (C=O) groups is 1. The molecule has 2 nitrogen and oxygen atoms in total. The highest BCUT2D eigenvalue weighted by molar-refractivity contribution is 5.77. The Morgan fingerprint density at radius 1 is 0.767 bits per heavy atom. The highest BCUT2D eigenvalue weighted by atomic mass is 16.5. The van der Waals surface area contributed by atoms with Crippen LogP contribution in [0.1, 0.15) is 142 Å². The summed E-state index contributed by atoms with van der Waals surface area (Å²) in [7, 11) is 0. The molecule has 0 aromatic heterocycles. The fourth-order valence-corrected chi connectivity index (χ4v) is 6.84. The lowest BCUT2D eigenvalue weighted by Gasteiger charge is -2.42. The zero-order valence-electron chi connectivity index (χ0n) is 20.3. The minimum atomic E-state index is -0.154. The van der Waals surface area contributed by atoms with Gasteiger partial charge in [0.25, 0.3) is 0 Å². The van der Waals surface area contributed by atoms with Gasteiger partial charge in [-0.2, -0.15) is 0 Å². The summed E-state index contributed by atoms with van der Waals surface area (Å²) in [5, 5.41) is 0. The maximum absolute atomic E-state index is 13.4. The maximum atomic E-state index is 13.4. The Bertz CT molecular complexity index is 477. The van der Waals surface area contributed by atoms with Crippen LogP contribution in [0.5, 0.6) is 0 Å². The number of unbranched alkanes of at least 4 members (excludes halogenated alkanes) is 3. The molecule has 0 aliphatic heterocycles. The number of ether oxygens (including phenoxy) is 1. The van der Waals surface area contributed by atoms with E-state index >= 15 is 0 Å². The molecule has 0 bridgehead atoms. The standard InChI is InChI=1S/C28H50O2/c1-3-5-8-11-23-14-16-26(17-15-23)30-27(29)28(20-6-4-2)21-18-25(19-22-28)24-12-9-7-10-13-24/h23-26H,3-22H2,1-2H3/t23?,25-,26?,28+. The van der Waals surface area contributed by atoms with Gasteiger partial charge < -0.3 is 4.74 Å². The summed E-state index contributed by atoms with van der Waals surface area (Å²) in [4.78, 5) is 13.4. The van der Waals surface area contributed by atoms with Crippen molar-refractivity contribution in [1.82, 2.24) is 0 Å². The fourth-order valence-electron chi connectivity index (χ4n) is 6.84. The van der Waals surface area contributed by atoms with Crippen LogP contribution in [0.2, 0.25) is 0 Å². The first-order valence-corrected chi connectivity index (χ1v) is 13.9. The summed E-state index contributed by atoms with van der Waals surface area (Å²) in [5.41, 5.74) is -0.154. The molecule has 174 valence electrons. The largest absolute Gasteiger partial charge is 0.462 e. The first kappa shape index (κ1) is 24.1. The monoisotopic (exact) mass is 418 g/mol. The van der Waals surface area contributed by atoms with E-state index in [4.69, 9.17) is 4.74 Å². The van der Waals surface area contributed by atoms with Crippen molar-refractivity contribution in [1.29, 1.82) is 0 Å². The van der Waals surface area contributed by atoms with Crippen molar-refractivity contribution in [2.75, 3.05) is 0 Å². The average Bonchev–Trinajstić information content (AvgIpc) is 2.80. The number of rotatable bonds is 10. The van der Waals surface area contributed by atoms with Gasteiger partial charge in [0, 0.05) is 0 Å². The van der Waals surface area contributed by atoms with Crippen LogP contribution in [0.3, 0.4) is 0 Å². The van der Waals surface area contributed by atoms with Crippen molar-refractivity contribution in [2.45, 2.75) is 148 Å². The lowest BCUT2D eigenvalue weighted by atomic mass is 9.63. The van der Waals surface area contributed by atoms with Crippen molar-refractivity contribution >= 4 is 5.97 Å². The van der Waals surface area contributed by atoms with Crippen LogP contribution in [0, 0.1) is 23.2 Å². The number of hydrogen-bond acceptors (Lipinski definition) is 2. The van der Waals surface area contributed by atoms with Crippen LogP contribution in [-0.2, 0) is 9.53 Å². The molecule has 0 saturated heterocycles. The van der Waals surface area contributed by atoms with Crippen molar-refractivity contribution in [3.63, 3.8) is 0 Å². The second kappa shape index (κ2) is 12.5. The number of esters is 1. The van der Waals surface area contributed by atoms with Crippen molar-refractivity contribution in [3.05, 3.63) is 0 Å². The minimum absolute atomic E-state index is 0.154. The van der Waals surface area contributed by atoms with Crippen LogP contribution in [-0.4, -0.2) is 12.1 Å². The molecule has 30 heavy (non-hydrogen) atoms. The summed E-state index contributed by atoms with van der Waals surface area (Å²) < 4.78 is 6.25. The van der Waals surface area contributed by atoms with Gasteiger partial charge >= 0.3 is 5.97 Å². The number of hydrogen-bond donors (Lipinski definition) is 0. The van der Waals surface area contributed by atoms with Gasteiger partial charge in [0.2, 0.25) is 0 Å². The molecule has 0 heterocycles. The molecule has 3 rings (SSSR count). The molecular weight excluding hydrogens is 368 g/mol. The quantitative estimate of drug-likeness (QED) is 0.262. The summed E-state index contributed by atoms with van der Waals surface area (Å²) in [6, 6.07) is 0. The van der Waals surface area contributed by atoms with Gasteiger partial charge in [-0.3, -0.25) is 4.79 Å². The third kappa shape index (κ3) is 6.73. The molecule has 2 heteroatoms. The molecule has 0 N–H and O–H groups in total. The molecule has 0 unspecified atom stereocenters. The summed E-state index contributed by atoms with van der Waals surface area (Å²) in [6.45, 7) is 4.54. The van der Waals surface area contributed by atoms with Crippen molar-refractivity contribution < 1.29 is 9.53 Å². The molecule has 0 aromatic rings. The van der Waals surface area contributed by atoms with Gasteiger partial charge in [-0.25, -0.2) is 0 Å². The normalized spacial score (nSPS) is 33.3. The van der Waals surface area contributed by atoms with Crippen LogP contribution in [0.25, 0.3) is 0 Å². The molecule has 0 amide bonds. The molecule has 3 aliphatic carbocycles. The Labute approximate surface area is 187 Å². The highest BCUT2D eigenvalue weighted by Crippen LogP contribution is 2.48. The topological polar surface area (TPSA) is 26.3 Å². The van der Waals surface area contributed by atoms with Gasteiger partial charge in [0.1, 0.15) is 6.10 Å². The lowest BCUT2D eigenvalue weighted by molar-refractivity contribution is -0.167. The van der Waals surface area contributed by atoms with Crippen LogP contribution in [0.15, 0.2) is 0 Å². The first-order valence-electron chi connectivity index (χ1n) is 13.9. The Balaban J connectivity index is 1.48. The summed E-state index contributed by atoms with van der Waals surface area (Å²) in [6.07, 6.45) is 25.8. The van der Waals surface area contributed by atoms with E-state index < -0.39 is 0 Å². The molecule has 3 saturated carbocycles. The van der Waals surface area contributed by atoms with E-state index in [0.29, 0.717) is 0 Å². The molecular formula is C28H50O2. The van der Waals surface area contributed by atoms with E-state index in [1.165, 1.54) is 96.3 Å². The Hall–Kier alpha value is -0.530. The Morgan fingerprint density at radius 3 is 2.03 bits per heavy atom. The molecule has 3 aliphatic rings. The van der Waals surface area contributed by atoms with E-state index in [9.17, 15) is 4.79 Å². The van der Waals surface area contributed by atoms with Gasteiger partial charge in [0.05, 0.1) is 5.41 Å². The van der Waals surface area contributed by atoms with Crippen LogP contribution < -0.4 is 0 Å². The van der Waals surface area contributed by atoms with Gasteiger partial charge in [-0.1, -0.05) is 84.5 Å². The third-order valence-corrected chi connectivity index (χ3v) is 9.03. The second-order valence-corrected chi connectivity index (χ2v) is 11.2. The Kier molecular flexibility index (Phi) is 10.0. The van der Waals surface area contributed by atoms with Gasteiger partial charge in [-0.15, -0.1) is 0 Å². The predicted octanol–water partition coefficient (Wildman–Crippen LogP) is 8.62. The zero-order chi connectivity index (χ0) is 21.2. The van der Waals surface area contributed by atoms with E-state index in [-0.39, 0.29) is 17.5 Å². The SMILES string of the molecule is CCCCCC1CCC(OC(=O)[C@]2(CCCC)CC[C@H](C3CCCCC3)CC2)CC1. The second-order valence-electron chi connectivity index (χ2n) is 11.2. The highest BCUT2D eigenvalue weighted by Gasteiger charge is 2.44. The third-order valence-electron chi connectivity index (χ3n) is 9.03. The zero-order valence-corrected chi connectivity index (χ0v) is 20.3. The number of carbonyl (C=O) groups excluding carboxylic acids is 1. The van der Waals surface area contributed by atoms with E-state index in [0.717, 1.165) is 49.9 Å². The lowest BCUT2D eigenvalue weighted by Crippen LogP contribution is -2.40. The van der Waals surface area contributed by atoms with E-state index in [1.807, 2.05) is 0 Å². The van der Waals surface area contributed by atoms with Crippen LogP contribution in [0.4, 0.5) is 0 Å². The van der Waals surface area contributed by atoms with Crippen molar-refractivity contribution in [2.24, 2.45) is 23.2 Å². The smallest absolute Gasteiger partial charge is 0.312 e. The maximum Gasteiger partial charge on any atom is 0.312 e. The first-order chi connectivity index (χ1) is 14.7. The molecule has 0 radical (unpaired) electrons. The van der Waals surface area contributed by atoms with E-state index in [1.54, 1.807) is 0 Å². The van der Waals surface area contributed by atoms with E-state index in [2.05, 4.69) is 13.8 Å². The van der Waals surface area contributed by atoms with Gasteiger partial charge in [-0.05, 0) is 75.5 Å².